The largest absolute Gasteiger partial charge is 0.355 e. The summed E-state index contributed by atoms with van der Waals surface area (Å²) in [6, 6.07) is 1.49. The van der Waals surface area contributed by atoms with Gasteiger partial charge in [-0.2, -0.15) is 0 Å². The Labute approximate surface area is 101 Å². The minimum absolute atomic E-state index is 0.100. The van der Waals surface area contributed by atoms with Crippen molar-refractivity contribution in [1.82, 2.24) is 9.97 Å². The Morgan fingerprint density at radius 1 is 1.47 bits per heavy atom. The zero-order chi connectivity index (χ0) is 12.1. The van der Waals surface area contributed by atoms with E-state index >= 15 is 0 Å². The summed E-state index contributed by atoms with van der Waals surface area (Å²) in [5.41, 5.74) is 2.17. The average molecular weight is 233 g/mol. The summed E-state index contributed by atoms with van der Waals surface area (Å²) in [5, 5.41) is 3.17. The number of rotatable bonds is 4. The van der Waals surface area contributed by atoms with Gasteiger partial charge in [-0.15, -0.1) is 0 Å². The smallest absolute Gasteiger partial charge is 0.252 e. The van der Waals surface area contributed by atoms with Crippen molar-refractivity contribution in [3.63, 3.8) is 0 Å². The number of hydrogen-bond acceptors (Lipinski definition) is 3. The van der Waals surface area contributed by atoms with Crippen molar-refractivity contribution in [2.24, 2.45) is 0 Å². The molecule has 1 aliphatic carbocycles. The molecule has 1 aromatic heterocycles. The van der Waals surface area contributed by atoms with E-state index in [-0.39, 0.29) is 5.56 Å². The number of aromatic nitrogens is 2. The molecule has 0 saturated heterocycles. The van der Waals surface area contributed by atoms with Gasteiger partial charge in [-0.3, -0.25) is 9.78 Å². The molecule has 0 radical (unpaired) electrons. The van der Waals surface area contributed by atoms with Crippen LogP contribution in [-0.2, 0) is 0 Å². The highest BCUT2D eigenvalue weighted by Gasteiger charge is 2.03. The molecule has 0 aliphatic heterocycles. The van der Waals surface area contributed by atoms with Gasteiger partial charge >= 0.3 is 0 Å². The SMILES string of the molecule is Cc1cc(=O)[nH]c(NCCC2=CCCCC2)n1. The molecule has 0 aromatic carbocycles. The molecule has 4 heteroatoms. The second kappa shape index (κ2) is 5.66. The van der Waals surface area contributed by atoms with E-state index in [0.29, 0.717) is 5.95 Å². The zero-order valence-electron chi connectivity index (χ0n) is 10.3. The van der Waals surface area contributed by atoms with Gasteiger partial charge in [0.25, 0.3) is 5.56 Å². The Morgan fingerprint density at radius 3 is 3.06 bits per heavy atom. The third kappa shape index (κ3) is 3.73. The first-order valence-electron chi connectivity index (χ1n) is 6.24. The highest BCUT2D eigenvalue weighted by molar-refractivity contribution is 5.25. The quantitative estimate of drug-likeness (QED) is 0.785. The monoisotopic (exact) mass is 233 g/mol. The van der Waals surface area contributed by atoms with Gasteiger partial charge in [0.05, 0.1) is 0 Å². The van der Waals surface area contributed by atoms with Crippen molar-refractivity contribution in [1.29, 1.82) is 0 Å². The number of nitrogens with zero attached hydrogens (tertiary/aromatic N) is 1. The van der Waals surface area contributed by atoms with Crippen LogP contribution in [0.25, 0.3) is 0 Å². The summed E-state index contributed by atoms with van der Waals surface area (Å²) in [7, 11) is 0. The van der Waals surface area contributed by atoms with E-state index in [1.807, 2.05) is 6.92 Å². The second-order valence-corrected chi connectivity index (χ2v) is 4.52. The normalized spacial score (nSPS) is 15.5. The van der Waals surface area contributed by atoms with Gasteiger partial charge in [-0.05, 0) is 39.0 Å². The third-order valence-corrected chi connectivity index (χ3v) is 2.99. The minimum Gasteiger partial charge on any atom is -0.355 e. The first-order chi connectivity index (χ1) is 8.24. The molecule has 1 aliphatic rings. The number of allylic oxidation sites excluding steroid dienone is 1. The molecule has 92 valence electrons. The molecular formula is C13H19N3O. The molecule has 0 unspecified atom stereocenters. The number of aromatic amines is 1. The molecule has 4 nitrogen and oxygen atoms in total. The maximum absolute atomic E-state index is 11.2. The lowest BCUT2D eigenvalue weighted by Gasteiger charge is -2.13. The van der Waals surface area contributed by atoms with Crippen molar-refractivity contribution in [3.8, 4) is 0 Å². The Morgan fingerprint density at radius 2 is 2.35 bits per heavy atom. The summed E-state index contributed by atoms with van der Waals surface area (Å²) in [6.45, 7) is 2.66. The summed E-state index contributed by atoms with van der Waals surface area (Å²) >= 11 is 0. The van der Waals surface area contributed by atoms with Crippen LogP contribution in [0.15, 0.2) is 22.5 Å². The van der Waals surface area contributed by atoms with E-state index < -0.39 is 0 Å². The molecule has 2 N–H and O–H groups in total. The van der Waals surface area contributed by atoms with E-state index in [9.17, 15) is 4.79 Å². The Hall–Kier alpha value is -1.58. The van der Waals surface area contributed by atoms with Crippen LogP contribution in [0.4, 0.5) is 5.95 Å². The molecule has 0 atom stereocenters. The topological polar surface area (TPSA) is 57.8 Å². The Balaban J connectivity index is 1.85. The fraction of sp³-hybridized carbons (Fsp3) is 0.538. The Kier molecular flexibility index (Phi) is 3.96. The van der Waals surface area contributed by atoms with Gasteiger partial charge in [-0.25, -0.2) is 4.98 Å². The van der Waals surface area contributed by atoms with Crippen LogP contribution in [-0.4, -0.2) is 16.5 Å². The predicted octanol–water partition coefficient (Wildman–Crippen LogP) is 2.38. The van der Waals surface area contributed by atoms with Crippen LogP contribution < -0.4 is 10.9 Å². The minimum atomic E-state index is -0.100. The Bertz CT molecular complexity index is 462. The fourth-order valence-electron chi connectivity index (χ4n) is 2.14. The summed E-state index contributed by atoms with van der Waals surface area (Å²) < 4.78 is 0. The lowest BCUT2D eigenvalue weighted by molar-refractivity contribution is 0.679. The van der Waals surface area contributed by atoms with Crippen molar-refractivity contribution in [3.05, 3.63) is 33.8 Å². The van der Waals surface area contributed by atoms with E-state index in [2.05, 4.69) is 21.4 Å². The number of H-pyrrole nitrogens is 1. The maximum atomic E-state index is 11.2. The van der Waals surface area contributed by atoms with Crippen LogP contribution in [0.3, 0.4) is 0 Å². The van der Waals surface area contributed by atoms with Crippen LogP contribution in [0.1, 0.15) is 37.8 Å². The number of aryl methyl sites for hydroxylation is 1. The van der Waals surface area contributed by atoms with Gasteiger partial charge < -0.3 is 5.32 Å². The lowest BCUT2D eigenvalue weighted by atomic mass is 9.97. The maximum Gasteiger partial charge on any atom is 0.252 e. The summed E-state index contributed by atoms with van der Waals surface area (Å²) in [4.78, 5) is 18.1. The number of nitrogens with one attached hydrogen (secondary N) is 2. The number of anilines is 1. The van der Waals surface area contributed by atoms with E-state index in [0.717, 1.165) is 18.7 Å². The fourth-order valence-corrected chi connectivity index (χ4v) is 2.14. The molecule has 0 fully saturated rings. The molecule has 0 saturated carbocycles. The first kappa shape index (κ1) is 11.9. The van der Waals surface area contributed by atoms with Gasteiger partial charge in [-0.1, -0.05) is 11.6 Å². The average Bonchev–Trinajstić information content (AvgIpc) is 2.29. The zero-order valence-corrected chi connectivity index (χ0v) is 10.3. The van der Waals surface area contributed by atoms with E-state index in [1.54, 1.807) is 0 Å². The van der Waals surface area contributed by atoms with Gasteiger partial charge in [0.15, 0.2) is 0 Å². The van der Waals surface area contributed by atoms with Crippen LogP contribution >= 0.6 is 0 Å². The molecule has 1 heterocycles. The molecule has 0 bridgehead atoms. The molecule has 0 amide bonds. The highest BCUT2D eigenvalue weighted by atomic mass is 16.1. The molecular weight excluding hydrogens is 214 g/mol. The van der Waals surface area contributed by atoms with Crippen LogP contribution in [0, 0.1) is 6.92 Å². The van der Waals surface area contributed by atoms with E-state index in [1.165, 1.54) is 37.3 Å². The summed E-state index contributed by atoms with van der Waals surface area (Å²) in [5.74, 6) is 0.575. The highest BCUT2D eigenvalue weighted by Crippen LogP contribution is 2.19. The molecule has 2 rings (SSSR count). The van der Waals surface area contributed by atoms with Crippen LogP contribution in [0.5, 0.6) is 0 Å². The van der Waals surface area contributed by atoms with Crippen molar-refractivity contribution >= 4 is 5.95 Å². The first-order valence-corrected chi connectivity index (χ1v) is 6.24. The lowest BCUT2D eigenvalue weighted by Crippen LogP contribution is -2.14. The van der Waals surface area contributed by atoms with Crippen LogP contribution in [0.2, 0.25) is 0 Å². The predicted molar refractivity (Wildman–Crippen MR) is 69.3 cm³/mol. The molecule has 0 spiro atoms. The van der Waals surface area contributed by atoms with Crippen molar-refractivity contribution < 1.29 is 0 Å². The third-order valence-electron chi connectivity index (χ3n) is 2.99. The van der Waals surface area contributed by atoms with Crippen molar-refractivity contribution in [2.75, 3.05) is 11.9 Å². The van der Waals surface area contributed by atoms with Gasteiger partial charge in [0.2, 0.25) is 5.95 Å². The molecule has 1 aromatic rings. The van der Waals surface area contributed by atoms with E-state index in [4.69, 9.17) is 0 Å². The van der Waals surface area contributed by atoms with Crippen molar-refractivity contribution in [2.45, 2.75) is 39.0 Å². The standard InChI is InChI=1S/C13H19N3O/c1-10-9-12(17)16-13(15-10)14-8-7-11-5-3-2-4-6-11/h5,9H,2-4,6-8H2,1H3,(H2,14,15,16,17). The number of hydrogen-bond donors (Lipinski definition) is 2. The second-order valence-electron chi connectivity index (χ2n) is 4.52. The van der Waals surface area contributed by atoms with Gasteiger partial charge in [0, 0.05) is 18.3 Å². The molecule has 17 heavy (non-hydrogen) atoms. The summed E-state index contributed by atoms with van der Waals surface area (Å²) in [6.07, 6.45) is 8.46. The van der Waals surface area contributed by atoms with Gasteiger partial charge in [0.1, 0.15) is 0 Å².